The minimum Gasteiger partial charge on any atom is -0.481 e. The monoisotopic (exact) mass is 400 g/mol. The number of hydrogen-bond acceptors (Lipinski definition) is 3. The number of carboxylic acid groups (broad SMARTS) is 1. The maximum absolute atomic E-state index is 13.4. The van der Waals surface area contributed by atoms with Crippen LogP contribution in [-0.2, 0) is 9.59 Å². The van der Waals surface area contributed by atoms with E-state index in [1.807, 2.05) is 0 Å². The third-order valence-electron chi connectivity index (χ3n) is 5.06. The lowest BCUT2D eigenvalue weighted by Gasteiger charge is -2.33. The van der Waals surface area contributed by atoms with Crippen LogP contribution >= 0.6 is 0 Å². The Bertz CT molecular complexity index is 709. The lowest BCUT2D eigenvalue weighted by Crippen LogP contribution is -2.57. The SMILES string of the molecule is CC(C(=O)O)C1CCCC(NC(=O)C(NC(=O)c2ccccc2)C(F)(F)F)C1. The highest BCUT2D eigenvalue weighted by atomic mass is 19.4. The molecule has 0 spiro atoms. The van der Waals surface area contributed by atoms with Crippen molar-refractivity contribution in [2.45, 2.75) is 50.9 Å². The van der Waals surface area contributed by atoms with E-state index in [-0.39, 0.29) is 17.9 Å². The predicted octanol–water partition coefficient (Wildman–Crippen LogP) is 2.74. The molecule has 154 valence electrons. The van der Waals surface area contributed by atoms with Gasteiger partial charge < -0.3 is 15.7 Å². The number of carboxylic acids is 1. The number of amides is 2. The van der Waals surface area contributed by atoms with Gasteiger partial charge in [-0.25, -0.2) is 0 Å². The van der Waals surface area contributed by atoms with E-state index in [1.54, 1.807) is 18.3 Å². The highest BCUT2D eigenvalue weighted by Crippen LogP contribution is 2.31. The van der Waals surface area contributed by atoms with Crippen LogP contribution in [0.3, 0.4) is 0 Å². The van der Waals surface area contributed by atoms with E-state index in [2.05, 4.69) is 5.32 Å². The smallest absolute Gasteiger partial charge is 0.417 e. The van der Waals surface area contributed by atoms with E-state index in [1.165, 1.54) is 24.3 Å². The number of carbonyl (C=O) groups excluding carboxylic acids is 2. The first-order valence-electron chi connectivity index (χ1n) is 9.05. The van der Waals surface area contributed by atoms with Crippen LogP contribution in [0.5, 0.6) is 0 Å². The molecule has 0 aliphatic heterocycles. The number of alkyl halides is 3. The van der Waals surface area contributed by atoms with Gasteiger partial charge in [0.1, 0.15) is 0 Å². The number of nitrogens with one attached hydrogen (secondary N) is 2. The summed E-state index contributed by atoms with van der Waals surface area (Å²) in [6.07, 6.45) is -2.95. The van der Waals surface area contributed by atoms with E-state index in [4.69, 9.17) is 5.11 Å². The van der Waals surface area contributed by atoms with Crippen LogP contribution in [0.15, 0.2) is 30.3 Å². The van der Waals surface area contributed by atoms with E-state index in [0.717, 1.165) is 0 Å². The largest absolute Gasteiger partial charge is 0.481 e. The Morgan fingerprint density at radius 3 is 2.36 bits per heavy atom. The number of carbonyl (C=O) groups is 3. The molecule has 6 nitrogen and oxygen atoms in total. The summed E-state index contributed by atoms with van der Waals surface area (Å²) in [5.41, 5.74) is 0.0116. The van der Waals surface area contributed by atoms with Gasteiger partial charge in [0, 0.05) is 11.6 Å². The summed E-state index contributed by atoms with van der Waals surface area (Å²) < 4.78 is 40.1. The first-order chi connectivity index (χ1) is 13.1. The molecule has 1 aromatic carbocycles. The molecule has 28 heavy (non-hydrogen) atoms. The number of rotatable bonds is 6. The average molecular weight is 400 g/mol. The third-order valence-corrected chi connectivity index (χ3v) is 5.06. The first-order valence-corrected chi connectivity index (χ1v) is 9.05. The molecule has 1 aromatic rings. The van der Waals surface area contributed by atoms with Crippen molar-refractivity contribution in [1.29, 1.82) is 0 Å². The summed E-state index contributed by atoms with van der Waals surface area (Å²) in [4.78, 5) is 35.5. The second-order valence-corrected chi connectivity index (χ2v) is 7.07. The van der Waals surface area contributed by atoms with E-state index in [0.29, 0.717) is 19.3 Å². The van der Waals surface area contributed by atoms with E-state index < -0.39 is 42.0 Å². The first kappa shape index (κ1) is 21.7. The lowest BCUT2D eigenvalue weighted by atomic mass is 9.78. The van der Waals surface area contributed by atoms with Crippen molar-refractivity contribution >= 4 is 17.8 Å². The highest BCUT2D eigenvalue weighted by Gasteiger charge is 2.47. The van der Waals surface area contributed by atoms with E-state index >= 15 is 0 Å². The van der Waals surface area contributed by atoms with Crippen LogP contribution in [0.25, 0.3) is 0 Å². The van der Waals surface area contributed by atoms with Gasteiger partial charge >= 0.3 is 12.1 Å². The molecular weight excluding hydrogens is 377 g/mol. The Kier molecular flexibility index (Phi) is 7.04. The van der Waals surface area contributed by atoms with Crippen molar-refractivity contribution in [3.63, 3.8) is 0 Å². The standard InChI is InChI=1S/C19H23F3N2O4/c1-11(18(27)28)13-8-5-9-14(10-13)23-17(26)15(19(20,21)22)24-16(25)12-6-3-2-4-7-12/h2-4,6-7,11,13-15H,5,8-10H2,1H3,(H,23,26)(H,24,25)(H,27,28). The molecule has 0 aromatic heterocycles. The summed E-state index contributed by atoms with van der Waals surface area (Å²) >= 11 is 0. The van der Waals surface area contributed by atoms with Crippen LogP contribution in [0.4, 0.5) is 13.2 Å². The lowest BCUT2D eigenvalue weighted by molar-refractivity contribution is -0.167. The minimum absolute atomic E-state index is 0.0116. The molecule has 0 radical (unpaired) electrons. The average Bonchev–Trinajstić information content (AvgIpc) is 2.65. The molecule has 4 unspecified atom stereocenters. The minimum atomic E-state index is -4.96. The molecule has 1 saturated carbocycles. The second kappa shape index (κ2) is 9.07. The molecule has 0 heterocycles. The molecule has 0 saturated heterocycles. The molecule has 2 rings (SSSR count). The van der Waals surface area contributed by atoms with Gasteiger partial charge in [-0.2, -0.15) is 13.2 Å². The van der Waals surface area contributed by atoms with E-state index in [9.17, 15) is 27.6 Å². The molecule has 2 amide bonds. The Labute approximate surface area is 160 Å². The number of aliphatic carboxylic acids is 1. The van der Waals surface area contributed by atoms with Gasteiger partial charge in [-0.1, -0.05) is 31.5 Å². The molecule has 0 bridgehead atoms. The van der Waals surface area contributed by atoms with Crippen LogP contribution < -0.4 is 10.6 Å². The van der Waals surface area contributed by atoms with Gasteiger partial charge in [0.25, 0.3) is 11.8 Å². The Morgan fingerprint density at radius 1 is 1.14 bits per heavy atom. The molecule has 4 atom stereocenters. The molecule has 9 heteroatoms. The normalized spacial score (nSPS) is 22.0. The zero-order valence-corrected chi connectivity index (χ0v) is 15.3. The Hall–Kier alpha value is -2.58. The number of benzene rings is 1. The van der Waals surface area contributed by atoms with Gasteiger partial charge in [0.15, 0.2) is 0 Å². The third kappa shape index (κ3) is 5.71. The topological polar surface area (TPSA) is 95.5 Å². The van der Waals surface area contributed by atoms with Crippen LogP contribution in [0.1, 0.15) is 43.0 Å². The van der Waals surface area contributed by atoms with Gasteiger partial charge in [-0.15, -0.1) is 0 Å². The van der Waals surface area contributed by atoms with Crippen molar-refractivity contribution in [2.75, 3.05) is 0 Å². The molecule has 1 aliphatic rings. The van der Waals surface area contributed by atoms with Crippen LogP contribution in [0, 0.1) is 11.8 Å². The number of halogens is 3. The van der Waals surface area contributed by atoms with Crippen molar-refractivity contribution in [1.82, 2.24) is 10.6 Å². The van der Waals surface area contributed by atoms with Gasteiger partial charge in [0.2, 0.25) is 6.04 Å². The maximum Gasteiger partial charge on any atom is 0.417 e. The summed E-state index contributed by atoms with van der Waals surface area (Å²) in [6, 6.07) is 4.07. The number of hydrogen-bond donors (Lipinski definition) is 3. The van der Waals surface area contributed by atoms with Crippen LogP contribution in [-0.4, -0.2) is 41.2 Å². The maximum atomic E-state index is 13.4. The summed E-state index contributed by atoms with van der Waals surface area (Å²) in [5, 5.41) is 13.2. The fourth-order valence-corrected chi connectivity index (χ4v) is 3.40. The van der Waals surface area contributed by atoms with Crippen molar-refractivity contribution in [3.05, 3.63) is 35.9 Å². The summed E-state index contributed by atoms with van der Waals surface area (Å²) in [6.45, 7) is 1.55. The Morgan fingerprint density at radius 2 is 1.79 bits per heavy atom. The molecule has 3 N–H and O–H groups in total. The van der Waals surface area contributed by atoms with Gasteiger partial charge in [0.05, 0.1) is 5.92 Å². The van der Waals surface area contributed by atoms with Gasteiger partial charge in [-0.05, 0) is 37.3 Å². The zero-order valence-electron chi connectivity index (χ0n) is 15.3. The Balaban J connectivity index is 2.05. The fraction of sp³-hybridized carbons (Fsp3) is 0.526. The second-order valence-electron chi connectivity index (χ2n) is 7.07. The molecule has 1 aliphatic carbocycles. The van der Waals surface area contributed by atoms with Crippen molar-refractivity contribution in [2.24, 2.45) is 11.8 Å². The zero-order chi connectivity index (χ0) is 20.9. The summed E-state index contributed by atoms with van der Waals surface area (Å²) in [5.74, 6) is -4.18. The quantitative estimate of drug-likeness (QED) is 0.684. The predicted molar refractivity (Wildman–Crippen MR) is 94.4 cm³/mol. The van der Waals surface area contributed by atoms with Gasteiger partial charge in [-0.3, -0.25) is 14.4 Å². The fourth-order valence-electron chi connectivity index (χ4n) is 3.40. The summed E-state index contributed by atoms with van der Waals surface area (Å²) in [7, 11) is 0. The molecular formula is C19H23F3N2O4. The highest BCUT2D eigenvalue weighted by molar-refractivity contribution is 5.97. The van der Waals surface area contributed by atoms with Crippen molar-refractivity contribution in [3.8, 4) is 0 Å². The molecule has 1 fully saturated rings. The van der Waals surface area contributed by atoms with Crippen LogP contribution in [0.2, 0.25) is 0 Å². The van der Waals surface area contributed by atoms with Crippen molar-refractivity contribution < 1.29 is 32.7 Å².